The second-order valence-electron chi connectivity index (χ2n) is 3.66. The first kappa shape index (κ1) is 15.6. The molecule has 19 heavy (non-hydrogen) atoms. The van der Waals surface area contributed by atoms with Crippen LogP contribution in [0.2, 0.25) is 5.02 Å². The molecule has 0 fully saturated rings. The smallest absolute Gasteiger partial charge is 0.398 e. The number of benzene rings is 1. The topological polar surface area (TPSA) is 64.4 Å². The maximum atomic E-state index is 11.7. The predicted molar refractivity (Wildman–Crippen MR) is 65.1 cm³/mol. The van der Waals surface area contributed by atoms with Gasteiger partial charge in [0.15, 0.2) is 0 Å². The summed E-state index contributed by atoms with van der Waals surface area (Å²) in [5.74, 6) is -0.459. The van der Waals surface area contributed by atoms with Crippen molar-refractivity contribution >= 4 is 23.2 Å². The van der Waals surface area contributed by atoms with Gasteiger partial charge in [0.1, 0.15) is 6.61 Å². The van der Waals surface area contributed by atoms with Gasteiger partial charge in [-0.15, -0.1) is 0 Å². The summed E-state index contributed by atoms with van der Waals surface area (Å²) in [6.07, 6.45) is -4.37. The van der Waals surface area contributed by atoms with E-state index in [2.05, 4.69) is 10.1 Å². The standard InChI is InChI=1S/C11H12ClF3N2O2/c12-8-2-1-7(5-9(8)16)10(18)17-3-4-19-6-11(13,14)15/h1-2,5H,3-4,6,16H2,(H,17,18). The second-order valence-corrected chi connectivity index (χ2v) is 4.07. The molecule has 0 bridgehead atoms. The van der Waals surface area contributed by atoms with Gasteiger partial charge in [0.2, 0.25) is 0 Å². The van der Waals surface area contributed by atoms with Crippen LogP contribution < -0.4 is 11.1 Å². The molecule has 0 spiro atoms. The van der Waals surface area contributed by atoms with E-state index in [1.165, 1.54) is 18.2 Å². The molecule has 0 saturated carbocycles. The number of nitrogen functional groups attached to an aromatic ring is 1. The zero-order chi connectivity index (χ0) is 14.5. The number of hydrogen-bond acceptors (Lipinski definition) is 3. The monoisotopic (exact) mass is 296 g/mol. The Balaban J connectivity index is 2.33. The highest BCUT2D eigenvalue weighted by Crippen LogP contribution is 2.19. The summed E-state index contributed by atoms with van der Waals surface area (Å²) in [7, 11) is 0. The van der Waals surface area contributed by atoms with E-state index in [4.69, 9.17) is 17.3 Å². The molecule has 1 amide bonds. The van der Waals surface area contributed by atoms with Crippen molar-refractivity contribution in [3.63, 3.8) is 0 Å². The summed E-state index contributed by atoms with van der Waals surface area (Å²) < 4.78 is 39.6. The number of alkyl halides is 3. The van der Waals surface area contributed by atoms with Gasteiger partial charge >= 0.3 is 6.18 Å². The highest BCUT2D eigenvalue weighted by Gasteiger charge is 2.27. The van der Waals surface area contributed by atoms with Crippen molar-refractivity contribution in [2.75, 3.05) is 25.5 Å². The lowest BCUT2D eigenvalue weighted by Crippen LogP contribution is -2.28. The number of halogens is 4. The number of carbonyl (C=O) groups excluding carboxylic acids is 1. The summed E-state index contributed by atoms with van der Waals surface area (Å²) in [6.45, 7) is -1.59. The molecule has 3 N–H and O–H groups in total. The van der Waals surface area contributed by atoms with Crippen molar-refractivity contribution in [1.29, 1.82) is 0 Å². The third kappa shape index (κ3) is 5.80. The fourth-order valence-electron chi connectivity index (χ4n) is 1.21. The highest BCUT2D eigenvalue weighted by molar-refractivity contribution is 6.33. The Morgan fingerprint density at radius 2 is 2.11 bits per heavy atom. The molecule has 1 aromatic rings. The first-order valence-corrected chi connectivity index (χ1v) is 5.65. The molecule has 0 heterocycles. The fourth-order valence-corrected chi connectivity index (χ4v) is 1.33. The molecular formula is C11H12ClF3N2O2. The van der Waals surface area contributed by atoms with Crippen molar-refractivity contribution in [3.05, 3.63) is 28.8 Å². The van der Waals surface area contributed by atoms with Crippen LogP contribution in [0.3, 0.4) is 0 Å². The summed E-state index contributed by atoms with van der Waals surface area (Å²) in [6, 6.07) is 4.31. The molecule has 8 heteroatoms. The van der Waals surface area contributed by atoms with Crippen molar-refractivity contribution in [3.8, 4) is 0 Å². The number of ether oxygens (including phenoxy) is 1. The van der Waals surface area contributed by atoms with Crippen LogP contribution in [0.4, 0.5) is 18.9 Å². The van der Waals surface area contributed by atoms with Crippen LogP contribution in [-0.2, 0) is 4.74 Å². The number of rotatable bonds is 5. The van der Waals surface area contributed by atoms with Crippen LogP contribution in [0.1, 0.15) is 10.4 Å². The van der Waals surface area contributed by atoms with Crippen LogP contribution in [0, 0.1) is 0 Å². The summed E-state index contributed by atoms with van der Waals surface area (Å²) in [4.78, 5) is 11.6. The average molecular weight is 297 g/mol. The minimum absolute atomic E-state index is 0.0303. The minimum atomic E-state index is -4.37. The molecule has 1 rings (SSSR count). The van der Waals surface area contributed by atoms with Crippen molar-refractivity contribution in [2.45, 2.75) is 6.18 Å². The average Bonchev–Trinajstić information content (AvgIpc) is 2.30. The maximum absolute atomic E-state index is 11.7. The van der Waals surface area contributed by atoms with Gasteiger partial charge < -0.3 is 15.8 Å². The van der Waals surface area contributed by atoms with E-state index in [9.17, 15) is 18.0 Å². The van der Waals surface area contributed by atoms with Gasteiger partial charge in [0.05, 0.1) is 17.3 Å². The summed E-state index contributed by atoms with van der Waals surface area (Å²) in [5.41, 5.74) is 6.05. The molecule has 0 saturated heterocycles. The Morgan fingerprint density at radius 1 is 1.42 bits per heavy atom. The van der Waals surface area contributed by atoms with Crippen LogP contribution in [0.25, 0.3) is 0 Å². The normalized spacial score (nSPS) is 11.4. The van der Waals surface area contributed by atoms with Crippen LogP contribution in [0.15, 0.2) is 18.2 Å². The Morgan fingerprint density at radius 3 is 2.68 bits per heavy atom. The van der Waals surface area contributed by atoms with Crippen molar-refractivity contribution in [1.82, 2.24) is 5.32 Å². The number of nitrogens with one attached hydrogen (secondary N) is 1. The minimum Gasteiger partial charge on any atom is -0.398 e. The molecule has 0 aliphatic heterocycles. The van der Waals surface area contributed by atoms with Crippen molar-refractivity contribution < 1.29 is 22.7 Å². The molecule has 0 aromatic heterocycles. The lowest BCUT2D eigenvalue weighted by atomic mass is 10.2. The zero-order valence-electron chi connectivity index (χ0n) is 9.76. The zero-order valence-corrected chi connectivity index (χ0v) is 10.5. The van der Waals surface area contributed by atoms with Gasteiger partial charge in [-0.2, -0.15) is 13.2 Å². The van der Waals surface area contributed by atoms with Crippen molar-refractivity contribution in [2.24, 2.45) is 0 Å². The van der Waals surface area contributed by atoms with Gasteiger partial charge in [-0.25, -0.2) is 0 Å². The van der Waals surface area contributed by atoms with E-state index in [0.29, 0.717) is 5.02 Å². The lowest BCUT2D eigenvalue weighted by Gasteiger charge is -2.09. The summed E-state index contributed by atoms with van der Waals surface area (Å²) in [5, 5.41) is 2.73. The number of carbonyl (C=O) groups is 1. The largest absolute Gasteiger partial charge is 0.411 e. The molecular weight excluding hydrogens is 285 g/mol. The first-order valence-electron chi connectivity index (χ1n) is 5.27. The van der Waals surface area contributed by atoms with Crippen LogP contribution >= 0.6 is 11.6 Å². The predicted octanol–water partition coefficient (Wildman–Crippen LogP) is 2.23. The lowest BCUT2D eigenvalue weighted by molar-refractivity contribution is -0.173. The SMILES string of the molecule is Nc1cc(C(=O)NCCOCC(F)(F)F)ccc1Cl. The Labute approximate surface area is 112 Å². The number of anilines is 1. The number of hydrogen-bond donors (Lipinski definition) is 2. The maximum Gasteiger partial charge on any atom is 0.411 e. The Kier molecular flexibility index (Phi) is 5.44. The molecule has 0 aliphatic rings. The molecule has 0 unspecified atom stereocenters. The summed E-state index contributed by atoms with van der Waals surface area (Å²) >= 11 is 5.69. The molecule has 0 aliphatic carbocycles. The van der Waals surface area contributed by atoms with E-state index < -0.39 is 18.7 Å². The van der Waals surface area contributed by atoms with Gasteiger partial charge in [-0.1, -0.05) is 11.6 Å². The third-order valence-corrected chi connectivity index (χ3v) is 2.40. The van der Waals surface area contributed by atoms with E-state index in [-0.39, 0.29) is 24.4 Å². The Bertz CT molecular complexity index is 452. The van der Waals surface area contributed by atoms with E-state index >= 15 is 0 Å². The third-order valence-electron chi connectivity index (χ3n) is 2.06. The van der Waals surface area contributed by atoms with Crippen LogP contribution in [-0.4, -0.2) is 31.8 Å². The van der Waals surface area contributed by atoms with Gasteiger partial charge in [-0.05, 0) is 18.2 Å². The van der Waals surface area contributed by atoms with E-state index in [1.54, 1.807) is 0 Å². The Hall–Kier alpha value is -1.47. The number of amides is 1. The second kappa shape index (κ2) is 6.63. The van der Waals surface area contributed by atoms with E-state index in [0.717, 1.165) is 0 Å². The van der Waals surface area contributed by atoms with Gasteiger partial charge in [-0.3, -0.25) is 4.79 Å². The van der Waals surface area contributed by atoms with Crippen LogP contribution in [0.5, 0.6) is 0 Å². The van der Waals surface area contributed by atoms with Gasteiger partial charge in [0.25, 0.3) is 5.91 Å². The molecule has 106 valence electrons. The number of nitrogens with two attached hydrogens (primary N) is 1. The molecule has 0 atom stereocenters. The molecule has 0 radical (unpaired) electrons. The fraction of sp³-hybridized carbons (Fsp3) is 0.364. The molecule has 4 nitrogen and oxygen atoms in total. The van der Waals surface area contributed by atoms with Gasteiger partial charge in [0, 0.05) is 12.1 Å². The molecule has 1 aromatic carbocycles. The van der Waals surface area contributed by atoms with E-state index in [1.807, 2.05) is 0 Å². The quantitative estimate of drug-likeness (QED) is 0.647. The first-order chi connectivity index (χ1) is 8.79. The highest BCUT2D eigenvalue weighted by atomic mass is 35.5.